The van der Waals surface area contributed by atoms with E-state index >= 15 is 0 Å². The molecule has 2 heterocycles. The minimum atomic E-state index is -0.791. The molecule has 1 atom stereocenters. The van der Waals surface area contributed by atoms with Gasteiger partial charge < -0.3 is 14.6 Å². The number of halogens is 2. The van der Waals surface area contributed by atoms with E-state index in [-0.39, 0.29) is 18.3 Å². The lowest BCUT2D eigenvalue weighted by Crippen LogP contribution is -2.50. The summed E-state index contributed by atoms with van der Waals surface area (Å²) in [5, 5.41) is 4.21. The Bertz CT molecular complexity index is 1080. The van der Waals surface area contributed by atoms with Gasteiger partial charge in [0.15, 0.2) is 11.6 Å². The molecule has 2 aromatic heterocycles. The molecule has 3 rings (SSSR count). The fourth-order valence-electron chi connectivity index (χ4n) is 3.28. The van der Waals surface area contributed by atoms with Gasteiger partial charge in [-0.2, -0.15) is 0 Å². The molecule has 0 aliphatic rings. The highest BCUT2D eigenvalue weighted by Crippen LogP contribution is 2.25. The van der Waals surface area contributed by atoms with Crippen LogP contribution >= 0.6 is 11.6 Å². The number of nitrogens with one attached hydrogen (secondary N) is 1. The second-order valence-electron chi connectivity index (χ2n) is 7.55. The van der Waals surface area contributed by atoms with Gasteiger partial charge in [-0.25, -0.2) is 9.37 Å². The van der Waals surface area contributed by atoms with Crippen molar-refractivity contribution in [2.24, 2.45) is 7.05 Å². The number of pyridine rings is 1. The summed E-state index contributed by atoms with van der Waals surface area (Å²) in [5.74, 6) is -0.640. The summed E-state index contributed by atoms with van der Waals surface area (Å²) in [6.07, 6.45) is 3.72. The molecule has 0 radical (unpaired) electrons. The number of benzene rings is 1. The molecule has 5 nitrogen and oxygen atoms in total. The molecule has 0 aliphatic heterocycles. The van der Waals surface area contributed by atoms with E-state index in [9.17, 15) is 9.18 Å². The summed E-state index contributed by atoms with van der Waals surface area (Å²) in [5.41, 5.74) is 1.15. The van der Waals surface area contributed by atoms with Crippen molar-refractivity contribution in [3.8, 4) is 5.75 Å². The summed E-state index contributed by atoms with van der Waals surface area (Å²) >= 11 is 6.23. The normalized spacial score (nSPS) is 13.1. The molecule has 152 valence electrons. The molecule has 0 fully saturated rings. The summed E-state index contributed by atoms with van der Waals surface area (Å²) < 4.78 is 21.4. The minimum Gasteiger partial charge on any atom is -0.488 e. The molecule has 1 amide bonds. The lowest BCUT2D eigenvalue weighted by Gasteiger charge is -2.31. The topological polar surface area (TPSA) is 56.1 Å². The number of rotatable bonds is 7. The van der Waals surface area contributed by atoms with E-state index in [0.29, 0.717) is 28.0 Å². The standard InChI is InChI=1S/C22H23ClFN3O2/c1-14(2)10-22(3,13-29-19-8-6-5-7-18(19)24)26-21(28)15-9-16-17(23)12-27(4)20(16)25-11-15/h5-9,11-12H,1,10,13H2,2-4H3,(H,26,28). The third-order valence-corrected chi connectivity index (χ3v) is 4.82. The van der Waals surface area contributed by atoms with Gasteiger partial charge in [0.2, 0.25) is 0 Å². The number of carbonyl (C=O) groups is 1. The van der Waals surface area contributed by atoms with E-state index < -0.39 is 11.4 Å². The van der Waals surface area contributed by atoms with Crippen LogP contribution in [0.15, 0.2) is 54.9 Å². The van der Waals surface area contributed by atoms with Crippen LogP contribution in [0.5, 0.6) is 5.75 Å². The van der Waals surface area contributed by atoms with Gasteiger partial charge in [-0.05, 0) is 38.5 Å². The maximum Gasteiger partial charge on any atom is 0.253 e. The lowest BCUT2D eigenvalue weighted by molar-refractivity contribution is 0.0864. The zero-order valence-electron chi connectivity index (χ0n) is 16.6. The zero-order valence-corrected chi connectivity index (χ0v) is 17.4. The predicted molar refractivity (Wildman–Crippen MR) is 113 cm³/mol. The van der Waals surface area contributed by atoms with Crippen molar-refractivity contribution in [1.82, 2.24) is 14.9 Å². The van der Waals surface area contributed by atoms with Crippen molar-refractivity contribution in [1.29, 1.82) is 0 Å². The Labute approximate surface area is 174 Å². The first kappa shape index (κ1) is 20.9. The molecule has 0 saturated carbocycles. The van der Waals surface area contributed by atoms with Crippen LogP contribution in [0, 0.1) is 5.82 Å². The van der Waals surface area contributed by atoms with Crippen molar-refractivity contribution >= 4 is 28.5 Å². The summed E-state index contributed by atoms with van der Waals surface area (Å²) in [7, 11) is 1.84. The molecule has 7 heteroatoms. The van der Waals surface area contributed by atoms with Gasteiger partial charge >= 0.3 is 0 Å². The van der Waals surface area contributed by atoms with Gasteiger partial charge in [-0.1, -0.05) is 29.3 Å². The predicted octanol–water partition coefficient (Wildman–Crippen LogP) is 4.90. The Morgan fingerprint density at radius 3 is 2.83 bits per heavy atom. The maximum absolute atomic E-state index is 13.9. The van der Waals surface area contributed by atoms with Crippen molar-refractivity contribution in [3.63, 3.8) is 0 Å². The zero-order chi connectivity index (χ0) is 21.2. The number of aryl methyl sites for hydroxylation is 1. The molecular weight excluding hydrogens is 393 g/mol. The molecule has 0 bridgehead atoms. The summed E-state index contributed by atoms with van der Waals surface area (Å²) in [6.45, 7) is 7.71. The Kier molecular flexibility index (Phi) is 5.94. The van der Waals surface area contributed by atoms with E-state index in [2.05, 4.69) is 16.9 Å². The Hall–Kier alpha value is -2.86. The van der Waals surface area contributed by atoms with Gasteiger partial charge in [0.1, 0.15) is 12.3 Å². The van der Waals surface area contributed by atoms with Gasteiger partial charge in [0.05, 0.1) is 16.1 Å². The van der Waals surface area contributed by atoms with Crippen molar-refractivity contribution in [3.05, 3.63) is 71.3 Å². The molecule has 0 saturated heterocycles. The Morgan fingerprint density at radius 2 is 2.14 bits per heavy atom. The average molecular weight is 416 g/mol. The van der Waals surface area contributed by atoms with Gasteiger partial charge in [0, 0.05) is 24.8 Å². The molecule has 3 aromatic rings. The molecule has 0 spiro atoms. The van der Waals surface area contributed by atoms with Crippen molar-refractivity contribution in [2.75, 3.05) is 6.61 Å². The van der Waals surface area contributed by atoms with Gasteiger partial charge in [-0.3, -0.25) is 4.79 Å². The fourth-order valence-corrected chi connectivity index (χ4v) is 3.57. The van der Waals surface area contributed by atoms with Gasteiger partial charge in [-0.15, -0.1) is 6.58 Å². The highest BCUT2D eigenvalue weighted by Gasteiger charge is 2.29. The van der Waals surface area contributed by atoms with Crippen LogP contribution in [-0.4, -0.2) is 27.6 Å². The number of para-hydroxylation sites is 1. The monoisotopic (exact) mass is 415 g/mol. The van der Waals surface area contributed by atoms with Crippen LogP contribution in [0.25, 0.3) is 11.0 Å². The Balaban J connectivity index is 1.81. The summed E-state index contributed by atoms with van der Waals surface area (Å²) in [6, 6.07) is 7.87. The number of fused-ring (bicyclic) bond motifs is 1. The van der Waals surface area contributed by atoms with E-state index in [1.807, 2.05) is 20.9 Å². The number of aromatic nitrogens is 2. The van der Waals surface area contributed by atoms with Crippen molar-refractivity contribution < 1.29 is 13.9 Å². The molecule has 1 N–H and O–H groups in total. The second-order valence-corrected chi connectivity index (χ2v) is 7.96. The van der Waals surface area contributed by atoms with Crippen LogP contribution in [0.4, 0.5) is 4.39 Å². The molecule has 29 heavy (non-hydrogen) atoms. The summed E-state index contributed by atoms with van der Waals surface area (Å²) in [4.78, 5) is 17.3. The van der Waals surface area contributed by atoms with E-state index in [1.54, 1.807) is 35.0 Å². The number of nitrogens with zero attached hydrogens (tertiary/aromatic N) is 2. The minimum absolute atomic E-state index is 0.0777. The number of ether oxygens (including phenoxy) is 1. The quantitative estimate of drug-likeness (QED) is 0.558. The number of hydrogen-bond acceptors (Lipinski definition) is 3. The molecule has 0 aliphatic carbocycles. The molecule has 1 unspecified atom stereocenters. The third kappa shape index (κ3) is 4.77. The number of carbonyl (C=O) groups excluding carboxylic acids is 1. The first-order chi connectivity index (χ1) is 13.7. The third-order valence-electron chi connectivity index (χ3n) is 4.52. The van der Waals surface area contributed by atoms with E-state index in [4.69, 9.17) is 16.3 Å². The lowest BCUT2D eigenvalue weighted by atomic mass is 9.94. The van der Waals surface area contributed by atoms with Crippen LogP contribution < -0.4 is 10.1 Å². The van der Waals surface area contributed by atoms with E-state index in [1.165, 1.54) is 12.3 Å². The highest BCUT2D eigenvalue weighted by atomic mass is 35.5. The largest absolute Gasteiger partial charge is 0.488 e. The first-order valence-corrected chi connectivity index (χ1v) is 9.51. The smallest absolute Gasteiger partial charge is 0.253 e. The fraction of sp³-hybridized carbons (Fsp3) is 0.273. The highest BCUT2D eigenvalue weighted by molar-refractivity contribution is 6.35. The van der Waals surface area contributed by atoms with Gasteiger partial charge in [0.25, 0.3) is 5.91 Å². The maximum atomic E-state index is 13.9. The average Bonchev–Trinajstić information content (AvgIpc) is 2.94. The van der Waals surface area contributed by atoms with E-state index in [0.717, 1.165) is 5.57 Å². The number of amides is 1. The number of hydrogen-bond donors (Lipinski definition) is 1. The first-order valence-electron chi connectivity index (χ1n) is 9.13. The van der Waals surface area contributed by atoms with Crippen LogP contribution in [0.1, 0.15) is 30.6 Å². The van der Waals surface area contributed by atoms with Crippen LogP contribution in [0.2, 0.25) is 5.02 Å². The molecular formula is C22H23ClFN3O2. The SMILES string of the molecule is C=C(C)CC(C)(COc1ccccc1F)NC(=O)c1cnc2c(c1)c(Cl)cn2C. The molecule has 1 aromatic carbocycles. The van der Waals surface area contributed by atoms with Crippen LogP contribution in [0.3, 0.4) is 0 Å². The Morgan fingerprint density at radius 1 is 1.41 bits per heavy atom. The van der Waals surface area contributed by atoms with Crippen molar-refractivity contribution in [2.45, 2.75) is 25.8 Å². The van der Waals surface area contributed by atoms with Crippen LogP contribution in [-0.2, 0) is 7.05 Å². The second kappa shape index (κ2) is 8.25.